The third kappa shape index (κ3) is 4.30. The zero-order valence-corrected chi connectivity index (χ0v) is 15.2. The number of anilines is 2. The molecule has 7 heteroatoms. The number of halogens is 1. The van der Waals surface area contributed by atoms with Crippen molar-refractivity contribution in [2.24, 2.45) is 0 Å². The Kier molecular flexibility index (Phi) is 5.23. The Labute approximate surface area is 154 Å². The van der Waals surface area contributed by atoms with Crippen molar-refractivity contribution in [2.75, 3.05) is 23.9 Å². The van der Waals surface area contributed by atoms with E-state index >= 15 is 0 Å². The molecule has 0 unspecified atom stereocenters. The molecule has 2 N–H and O–H groups in total. The molecule has 25 heavy (non-hydrogen) atoms. The first-order valence-corrected chi connectivity index (χ1v) is 8.62. The van der Waals surface area contributed by atoms with E-state index in [-0.39, 0.29) is 24.4 Å². The van der Waals surface area contributed by atoms with E-state index in [9.17, 15) is 9.59 Å². The SMILES string of the molecule is COc1ccc(N2C[C@H](NC(=O)Nc3cccc(Br)c3)CC2=O)cc1. The van der Waals surface area contributed by atoms with Gasteiger partial charge in [0.25, 0.3) is 0 Å². The molecule has 6 nitrogen and oxygen atoms in total. The second-order valence-electron chi connectivity index (χ2n) is 5.71. The number of methoxy groups -OCH3 is 1. The number of urea groups is 1. The number of nitrogens with one attached hydrogen (secondary N) is 2. The number of benzene rings is 2. The van der Waals surface area contributed by atoms with Crippen LogP contribution in [0.15, 0.2) is 53.0 Å². The number of amides is 3. The van der Waals surface area contributed by atoms with Gasteiger partial charge in [0.15, 0.2) is 0 Å². The standard InChI is InChI=1S/C18H18BrN3O3/c1-25-16-7-5-15(6-8-16)22-11-14(10-17(22)23)21-18(24)20-13-4-2-3-12(19)9-13/h2-9,14H,10-11H2,1H3,(H2,20,21,24)/t14-/m1/s1. The summed E-state index contributed by atoms with van der Waals surface area (Å²) in [5.41, 5.74) is 1.48. The molecule has 3 rings (SSSR count). The van der Waals surface area contributed by atoms with Crippen molar-refractivity contribution in [3.63, 3.8) is 0 Å². The molecule has 0 bridgehead atoms. The van der Waals surface area contributed by atoms with Crippen LogP contribution in [0.25, 0.3) is 0 Å². The molecule has 1 aliphatic rings. The molecular weight excluding hydrogens is 386 g/mol. The minimum atomic E-state index is -0.326. The highest BCUT2D eigenvalue weighted by molar-refractivity contribution is 9.10. The van der Waals surface area contributed by atoms with E-state index in [4.69, 9.17) is 4.74 Å². The summed E-state index contributed by atoms with van der Waals surface area (Å²) in [6.45, 7) is 0.442. The molecular formula is C18H18BrN3O3. The van der Waals surface area contributed by atoms with Crippen molar-refractivity contribution in [3.8, 4) is 5.75 Å². The maximum atomic E-state index is 12.2. The molecule has 0 radical (unpaired) electrons. The Hall–Kier alpha value is -2.54. The van der Waals surface area contributed by atoms with Crippen LogP contribution >= 0.6 is 15.9 Å². The first-order valence-electron chi connectivity index (χ1n) is 7.82. The Bertz CT molecular complexity index is 779. The highest BCUT2D eigenvalue weighted by atomic mass is 79.9. The van der Waals surface area contributed by atoms with E-state index in [1.165, 1.54) is 0 Å². The number of ether oxygens (including phenoxy) is 1. The number of carbonyl (C=O) groups is 2. The van der Waals surface area contributed by atoms with Gasteiger partial charge in [-0.25, -0.2) is 4.79 Å². The van der Waals surface area contributed by atoms with Crippen LogP contribution in [0.5, 0.6) is 5.75 Å². The van der Waals surface area contributed by atoms with E-state index < -0.39 is 0 Å². The monoisotopic (exact) mass is 403 g/mol. The van der Waals surface area contributed by atoms with E-state index in [0.717, 1.165) is 15.9 Å². The normalized spacial score (nSPS) is 16.6. The van der Waals surface area contributed by atoms with Gasteiger partial charge < -0.3 is 20.3 Å². The molecule has 2 aromatic carbocycles. The second kappa shape index (κ2) is 7.57. The van der Waals surface area contributed by atoms with Crippen molar-refractivity contribution in [3.05, 3.63) is 53.0 Å². The lowest BCUT2D eigenvalue weighted by molar-refractivity contribution is -0.117. The van der Waals surface area contributed by atoms with Gasteiger partial charge in [0.05, 0.1) is 13.2 Å². The molecule has 3 amide bonds. The summed E-state index contributed by atoms with van der Waals surface area (Å²) in [5.74, 6) is 0.719. The van der Waals surface area contributed by atoms with Gasteiger partial charge in [0, 0.05) is 28.8 Å². The fourth-order valence-electron chi connectivity index (χ4n) is 2.73. The minimum Gasteiger partial charge on any atom is -0.497 e. The molecule has 1 heterocycles. The average molecular weight is 404 g/mol. The van der Waals surface area contributed by atoms with Gasteiger partial charge in [-0.3, -0.25) is 4.79 Å². The number of hydrogen-bond donors (Lipinski definition) is 2. The maximum Gasteiger partial charge on any atom is 0.319 e. The van der Waals surface area contributed by atoms with E-state index in [2.05, 4.69) is 26.6 Å². The Morgan fingerprint density at radius 2 is 2.00 bits per heavy atom. The predicted molar refractivity (Wildman–Crippen MR) is 100 cm³/mol. The summed E-state index contributed by atoms with van der Waals surface area (Å²) in [4.78, 5) is 26.0. The zero-order chi connectivity index (χ0) is 17.8. The fourth-order valence-corrected chi connectivity index (χ4v) is 3.13. The smallest absolute Gasteiger partial charge is 0.319 e. The molecule has 2 aromatic rings. The van der Waals surface area contributed by atoms with E-state index in [1.54, 1.807) is 18.1 Å². The molecule has 0 saturated carbocycles. The molecule has 0 aliphatic carbocycles. The van der Waals surface area contributed by atoms with Gasteiger partial charge in [-0.15, -0.1) is 0 Å². The number of carbonyl (C=O) groups excluding carboxylic acids is 2. The Balaban J connectivity index is 1.59. The predicted octanol–water partition coefficient (Wildman–Crippen LogP) is 3.38. The van der Waals surface area contributed by atoms with Crippen molar-refractivity contribution in [1.29, 1.82) is 0 Å². The van der Waals surface area contributed by atoms with Gasteiger partial charge >= 0.3 is 6.03 Å². The van der Waals surface area contributed by atoms with Crippen LogP contribution in [0.2, 0.25) is 0 Å². The third-order valence-electron chi connectivity index (χ3n) is 3.93. The molecule has 130 valence electrons. The topological polar surface area (TPSA) is 70.7 Å². The number of rotatable bonds is 4. The molecule has 1 saturated heterocycles. The van der Waals surface area contributed by atoms with Crippen molar-refractivity contribution >= 4 is 39.2 Å². The lowest BCUT2D eigenvalue weighted by atomic mass is 10.2. The molecule has 1 aliphatic heterocycles. The molecule has 0 aromatic heterocycles. The maximum absolute atomic E-state index is 12.2. The summed E-state index contributed by atoms with van der Waals surface area (Å²) in [6, 6.07) is 14.1. The first kappa shape index (κ1) is 17.3. The minimum absolute atomic E-state index is 0.0158. The van der Waals surface area contributed by atoms with Crippen molar-refractivity contribution < 1.29 is 14.3 Å². The van der Waals surface area contributed by atoms with Crippen molar-refractivity contribution in [1.82, 2.24) is 5.32 Å². The fraction of sp³-hybridized carbons (Fsp3) is 0.222. The summed E-state index contributed by atoms with van der Waals surface area (Å²) in [5, 5.41) is 5.61. The van der Waals surface area contributed by atoms with E-state index in [0.29, 0.717) is 12.2 Å². The summed E-state index contributed by atoms with van der Waals surface area (Å²) < 4.78 is 6.01. The van der Waals surface area contributed by atoms with Gasteiger partial charge in [0.2, 0.25) is 5.91 Å². The van der Waals surface area contributed by atoms with Crippen LogP contribution in [0.4, 0.5) is 16.2 Å². The van der Waals surface area contributed by atoms with Crippen LogP contribution in [0.1, 0.15) is 6.42 Å². The quantitative estimate of drug-likeness (QED) is 0.821. The van der Waals surface area contributed by atoms with Crippen LogP contribution in [-0.4, -0.2) is 31.6 Å². The van der Waals surface area contributed by atoms with Gasteiger partial charge in [0.1, 0.15) is 5.75 Å². The van der Waals surface area contributed by atoms with Crippen molar-refractivity contribution in [2.45, 2.75) is 12.5 Å². The highest BCUT2D eigenvalue weighted by Gasteiger charge is 2.31. The Morgan fingerprint density at radius 3 is 2.68 bits per heavy atom. The summed E-state index contributed by atoms with van der Waals surface area (Å²) >= 11 is 3.36. The third-order valence-corrected chi connectivity index (χ3v) is 4.42. The van der Waals surface area contributed by atoms with Crippen LogP contribution in [0, 0.1) is 0 Å². The number of hydrogen-bond acceptors (Lipinski definition) is 3. The largest absolute Gasteiger partial charge is 0.497 e. The number of nitrogens with zero attached hydrogens (tertiary/aromatic N) is 1. The zero-order valence-electron chi connectivity index (χ0n) is 13.7. The Morgan fingerprint density at radius 1 is 1.24 bits per heavy atom. The summed E-state index contributed by atoms with van der Waals surface area (Å²) in [6.07, 6.45) is 0.276. The lowest BCUT2D eigenvalue weighted by Crippen LogP contribution is -2.39. The molecule has 0 spiro atoms. The van der Waals surface area contributed by atoms with Gasteiger partial charge in [-0.2, -0.15) is 0 Å². The van der Waals surface area contributed by atoms with Gasteiger partial charge in [-0.1, -0.05) is 22.0 Å². The van der Waals surface area contributed by atoms with Crippen LogP contribution in [-0.2, 0) is 4.79 Å². The molecule has 1 fully saturated rings. The van der Waals surface area contributed by atoms with Gasteiger partial charge in [-0.05, 0) is 42.5 Å². The summed E-state index contributed by atoms with van der Waals surface area (Å²) in [7, 11) is 1.60. The second-order valence-corrected chi connectivity index (χ2v) is 6.63. The highest BCUT2D eigenvalue weighted by Crippen LogP contribution is 2.24. The van der Waals surface area contributed by atoms with E-state index in [1.807, 2.05) is 42.5 Å². The van der Waals surface area contributed by atoms with Crippen LogP contribution < -0.4 is 20.3 Å². The molecule has 1 atom stereocenters. The first-order chi connectivity index (χ1) is 12.0. The lowest BCUT2D eigenvalue weighted by Gasteiger charge is -2.17. The van der Waals surface area contributed by atoms with Crippen LogP contribution in [0.3, 0.4) is 0 Å². The average Bonchev–Trinajstić information content (AvgIpc) is 2.95.